The van der Waals surface area contributed by atoms with Crippen molar-refractivity contribution in [2.75, 3.05) is 11.9 Å². The molecule has 158 valence electrons. The van der Waals surface area contributed by atoms with E-state index in [0.29, 0.717) is 17.5 Å². The van der Waals surface area contributed by atoms with Crippen molar-refractivity contribution in [2.24, 2.45) is 17.0 Å². The normalized spacial score (nSPS) is 12.9. The molecule has 29 heavy (non-hydrogen) atoms. The van der Waals surface area contributed by atoms with Crippen molar-refractivity contribution in [3.8, 4) is 0 Å². The van der Waals surface area contributed by atoms with Gasteiger partial charge in [-0.2, -0.15) is 0 Å². The number of carbonyl (C=O) groups is 1. The lowest BCUT2D eigenvalue weighted by atomic mass is 9.94. The van der Waals surface area contributed by atoms with Crippen LogP contribution in [0, 0.1) is 11.8 Å². The van der Waals surface area contributed by atoms with E-state index in [9.17, 15) is 13.2 Å². The number of hydrogen-bond donors (Lipinski definition) is 3. The molecule has 6 nitrogen and oxygen atoms in total. The molecule has 0 bridgehead atoms. The third kappa shape index (κ3) is 7.27. The number of carbonyl (C=O) groups excluding carboxylic acids is 1. The summed E-state index contributed by atoms with van der Waals surface area (Å²) in [5.74, 6) is 0.771. The summed E-state index contributed by atoms with van der Waals surface area (Å²) in [4.78, 5) is 12.4. The largest absolute Gasteiger partial charge is 0.332 e. The van der Waals surface area contributed by atoms with E-state index < -0.39 is 10.0 Å². The standard InChI is InChI=1S/C22H31N3O3S/c1-15(2)12-17-8-10-18(11-9-17)22(16(3)4)24-14-21(26)25-19-6-5-7-20(13-19)29(23,27)28/h5-11,13,15-16,22,24H,12,14H2,1-4H3,(H,25,26)(H2,23,27,28)/p+1/t22-/m0/s1. The maximum atomic E-state index is 12.4. The predicted molar refractivity (Wildman–Crippen MR) is 116 cm³/mol. The zero-order valence-corrected chi connectivity index (χ0v) is 18.4. The van der Waals surface area contributed by atoms with Gasteiger partial charge in [0.1, 0.15) is 6.04 Å². The van der Waals surface area contributed by atoms with Gasteiger partial charge in [0.15, 0.2) is 6.54 Å². The minimum absolute atomic E-state index is 0.0270. The van der Waals surface area contributed by atoms with E-state index in [4.69, 9.17) is 5.14 Å². The van der Waals surface area contributed by atoms with Crippen LogP contribution in [0.1, 0.15) is 44.9 Å². The van der Waals surface area contributed by atoms with E-state index in [1.807, 2.05) is 5.32 Å². The van der Waals surface area contributed by atoms with Gasteiger partial charge in [-0.1, -0.05) is 58.0 Å². The van der Waals surface area contributed by atoms with Gasteiger partial charge in [-0.05, 0) is 36.1 Å². The SMILES string of the molecule is CC(C)Cc1ccc([C@@H]([NH2+]CC(=O)Nc2cccc(S(N)(=O)=O)c2)C(C)C)cc1. The molecule has 0 radical (unpaired) electrons. The molecule has 0 aliphatic rings. The molecule has 0 fully saturated rings. The van der Waals surface area contributed by atoms with Crippen LogP contribution in [0.25, 0.3) is 0 Å². The van der Waals surface area contributed by atoms with Crippen molar-refractivity contribution in [1.82, 2.24) is 0 Å². The van der Waals surface area contributed by atoms with E-state index in [0.717, 1.165) is 6.42 Å². The molecular formula is C22H32N3O3S+. The van der Waals surface area contributed by atoms with Crippen LogP contribution < -0.4 is 15.8 Å². The van der Waals surface area contributed by atoms with Crippen LogP contribution in [-0.4, -0.2) is 20.9 Å². The van der Waals surface area contributed by atoms with E-state index in [2.05, 4.69) is 57.3 Å². The smallest absolute Gasteiger partial charge is 0.279 e. The van der Waals surface area contributed by atoms with Crippen LogP contribution in [0.3, 0.4) is 0 Å². The highest BCUT2D eigenvalue weighted by atomic mass is 32.2. The van der Waals surface area contributed by atoms with Crippen molar-refractivity contribution in [3.63, 3.8) is 0 Å². The molecule has 2 aromatic carbocycles. The Morgan fingerprint density at radius 3 is 2.28 bits per heavy atom. The third-order valence-corrected chi connectivity index (χ3v) is 5.64. The second kappa shape index (κ2) is 10.0. The number of primary sulfonamides is 1. The summed E-state index contributed by atoms with van der Waals surface area (Å²) in [5.41, 5.74) is 2.92. The fourth-order valence-corrected chi connectivity index (χ4v) is 3.90. The molecule has 0 heterocycles. The van der Waals surface area contributed by atoms with Crippen LogP contribution in [-0.2, 0) is 21.2 Å². The molecule has 7 heteroatoms. The Labute approximate surface area is 173 Å². The number of amides is 1. The number of sulfonamides is 1. The van der Waals surface area contributed by atoms with Crippen LogP contribution >= 0.6 is 0 Å². The monoisotopic (exact) mass is 418 g/mol. The molecule has 1 amide bonds. The Kier molecular flexibility index (Phi) is 7.96. The van der Waals surface area contributed by atoms with E-state index in [1.165, 1.54) is 23.3 Å². The number of nitrogens with one attached hydrogen (secondary N) is 1. The Balaban J connectivity index is 2.01. The van der Waals surface area contributed by atoms with Crippen molar-refractivity contribution in [3.05, 3.63) is 59.7 Å². The molecule has 0 spiro atoms. The molecule has 0 saturated carbocycles. The highest BCUT2D eigenvalue weighted by Crippen LogP contribution is 2.19. The van der Waals surface area contributed by atoms with E-state index in [1.54, 1.807) is 12.1 Å². The Morgan fingerprint density at radius 2 is 1.72 bits per heavy atom. The highest BCUT2D eigenvalue weighted by molar-refractivity contribution is 7.89. The highest BCUT2D eigenvalue weighted by Gasteiger charge is 2.21. The first kappa shape index (κ1) is 23.1. The van der Waals surface area contributed by atoms with Crippen LogP contribution in [0.5, 0.6) is 0 Å². The summed E-state index contributed by atoms with van der Waals surface area (Å²) in [6.07, 6.45) is 1.05. The molecule has 0 aliphatic heterocycles. The average molecular weight is 419 g/mol. The second-order valence-electron chi connectivity index (χ2n) is 8.17. The Hall–Kier alpha value is -2.22. The van der Waals surface area contributed by atoms with Crippen LogP contribution in [0.2, 0.25) is 0 Å². The van der Waals surface area contributed by atoms with E-state index in [-0.39, 0.29) is 23.4 Å². The summed E-state index contributed by atoms with van der Waals surface area (Å²) in [5, 5.41) is 9.90. The van der Waals surface area contributed by atoms with Gasteiger partial charge in [0.25, 0.3) is 5.91 Å². The second-order valence-corrected chi connectivity index (χ2v) is 9.73. The number of anilines is 1. The van der Waals surface area contributed by atoms with Gasteiger partial charge >= 0.3 is 0 Å². The zero-order valence-electron chi connectivity index (χ0n) is 17.6. The lowest BCUT2D eigenvalue weighted by Crippen LogP contribution is -2.88. The molecule has 2 aromatic rings. The number of rotatable bonds is 9. The van der Waals surface area contributed by atoms with Gasteiger partial charge in [0, 0.05) is 17.2 Å². The maximum Gasteiger partial charge on any atom is 0.279 e. The zero-order chi connectivity index (χ0) is 21.6. The average Bonchev–Trinajstić information content (AvgIpc) is 2.62. The molecule has 1 atom stereocenters. The van der Waals surface area contributed by atoms with Gasteiger partial charge in [-0.3, -0.25) is 4.79 Å². The van der Waals surface area contributed by atoms with Gasteiger partial charge in [0.2, 0.25) is 10.0 Å². The first-order valence-corrected chi connectivity index (χ1v) is 11.5. The number of hydrogen-bond acceptors (Lipinski definition) is 3. The third-order valence-electron chi connectivity index (χ3n) is 4.73. The van der Waals surface area contributed by atoms with Gasteiger partial charge < -0.3 is 10.6 Å². The van der Waals surface area contributed by atoms with Gasteiger partial charge in [-0.15, -0.1) is 0 Å². The summed E-state index contributed by atoms with van der Waals surface area (Å²) >= 11 is 0. The van der Waals surface area contributed by atoms with Gasteiger partial charge in [-0.25, -0.2) is 13.6 Å². The molecule has 0 saturated heterocycles. The van der Waals surface area contributed by atoms with Crippen molar-refractivity contribution < 1.29 is 18.5 Å². The van der Waals surface area contributed by atoms with Crippen molar-refractivity contribution in [2.45, 2.75) is 45.1 Å². The fraction of sp³-hybridized carbons (Fsp3) is 0.409. The first-order valence-electron chi connectivity index (χ1n) is 9.91. The summed E-state index contributed by atoms with van der Waals surface area (Å²) in [6.45, 7) is 8.91. The fourth-order valence-electron chi connectivity index (χ4n) is 3.34. The topological polar surface area (TPSA) is 106 Å². The van der Waals surface area contributed by atoms with Crippen LogP contribution in [0.15, 0.2) is 53.4 Å². The Bertz CT molecular complexity index is 923. The first-order chi connectivity index (χ1) is 13.6. The lowest BCUT2D eigenvalue weighted by molar-refractivity contribution is -0.692. The predicted octanol–water partition coefficient (Wildman–Crippen LogP) is 2.43. The summed E-state index contributed by atoms with van der Waals surface area (Å²) < 4.78 is 22.9. The lowest BCUT2D eigenvalue weighted by Gasteiger charge is -2.20. The molecule has 0 aliphatic carbocycles. The van der Waals surface area contributed by atoms with Crippen molar-refractivity contribution >= 4 is 21.6 Å². The number of nitrogens with two attached hydrogens (primary N) is 2. The summed E-state index contributed by atoms with van der Waals surface area (Å²) in [6, 6.07) is 14.7. The minimum atomic E-state index is -3.80. The quantitative estimate of drug-likeness (QED) is 0.582. The molecule has 0 unspecified atom stereocenters. The minimum Gasteiger partial charge on any atom is -0.332 e. The van der Waals surface area contributed by atoms with E-state index >= 15 is 0 Å². The summed E-state index contributed by atoms with van der Waals surface area (Å²) in [7, 11) is -3.80. The Morgan fingerprint density at radius 1 is 1.07 bits per heavy atom. The number of quaternary nitrogens is 1. The molecule has 5 N–H and O–H groups in total. The maximum absolute atomic E-state index is 12.4. The molecular weight excluding hydrogens is 386 g/mol. The van der Waals surface area contributed by atoms with Crippen LogP contribution in [0.4, 0.5) is 5.69 Å². The molecule has 0 aromatic heterocycles. The van der Waals surface area contributed by atoms with Crippen molar-refractivity contribution in [1.29, 1.82) is 0 Å². The number of benzene rings is 2. The molecule has 2 rings (SSSR count). The van der Waals surface area contributed by atoms with Gasteiger partial charge in [0.05, 0.1) is 4.90 Å².